The number of nitrogens with zero attached hydrogens (tertiary/aromatic N) is 1. The summed E-state index contributed by atoms with van der Waals surface area (Å²) >= 11 is 5.85. The van der Waals surface area contributed by atoms with Crippen molar-refractivity contribution in [3.63, 3.8) is 0 Å². The zero-order valence-corrected chi connectivity index (χ0v) is 14.4. The summed E-state index contributed by atoms with van der Waals surface area (Å²) in [4.78, 5) is 0.212. The van der Waals surface area contributed by atoms with Gasteiger partial charge in [0.1, 0.15) is 5.75 Å². The highest BCUT2D eigenvalue weighted by molar-refractivity contribution is 7.89. The first-order valence-electron chi connectivity index (χ1n) is 6.62. The topological polar surface area (TPSA) is 55.8 Å². The van der Waals surface area contributed by atoms with Crippen LogP contribution in [0.4, 0.5) is 0 Å². The van der Waals surface area contributed by atoms with E-state index in [0.717, 1.165) is 0 Å². The van der Waals surface area contributed by atoms with Gasteiger partial charge < -0.3 is 9.47 Å². The van der Waals surface area contributed by atoms with Gasteiger partial charge >= 0.3 is 0 Å². The van der Waals surface area contributed by atoms with Crippen LogP contribution in [0.15, 0.2) is 23.1 Å². The number of rotatable bonds is 8. The molecule has 5 nitrogen and oxygen atoms in total. The SMILES string of the molecule is COCCN(C(C)C)S(=O)(=O)c1ccc(OC)c(CCl)c1. The van der Waals surface area contributed by atoms with Crippen molar-refractivity contribution in [3.05, 3.63) is 23.8 Å². The standard InChI is InChI=1S/C14H22ClNO4S/c1-11(2)16(7-8-19-3)21(17,18)13-5-6-14(20-4)12(9-13)10-15/h5-6,9,11H,7-8,10H2,1-4H3. The van der Waals surface area contributed by atoms with Crippen LogP contribution in [0.1, 0.15) is 19.4 Å². The van der Waals surface area contributed by atoms with Crippen molar-refractivity contribution < 1.29 is 17.9 Å². The van der Waals surface area contributed by atoms with Crippen LogP contribution >= 0.6 is 11.6 Å². The van der Waals surface area contributed by atoms with Crippen molar-refractivity contribution in [1.29, 1.82) is 0 Å². The van der Waals surface area contributed by atoms with Gasteiger partial charge in [0.25, 0.3) is 0 Å². The average Bonchev–Trinajstić information content (AvgIpc) is 2.46. The lowest BCUT2D eigenvalue weighted by atomic mass is 10.2. The summed E-state index contributed by atoms with van der Waals surface area (Å²) in [5, 5.41) is 0. The van der Waals surface area contributed by atoms with E-state index >= 15 is 0 Å². The molecule has 0 aliphatic rings. The zero-order chi connectivity index (χ0) is 16.0. The highest BCUT2D eigenvalue weighted by atomic mass is 35.5. The van der Waals surface area contributed by atoms with Crippen molar-refractivity contribution >= 4 is 21.6 Å². The van der Waals surface area contributed by atoms with E-state index in [4.69, 9.17) is 21.1 Å². The molecular weight excluding hydrogens is 314 g/mol. The summed E-state index contributed by atoms with van der Waals surface area (Å²) in [6, 6.07) is 4.56. The van der Waals surface area contributed by atoms with Crippen molar-refractivity contribution in [1.82, 2.24) is 4.31 Å². The summed E-state index contributed by atoms with van der Waals surface area (Å²) in [5.74, 6) is 0.767. The first-order chi connectivity index (χ1) is 9.88. The van der Waals surface area contributed by atoms with Crippen LogP contribution in [-0.4, -0.2) is 46.1 Å². The van der Waals surface area contributed by atoms with E-state index < -0.39 is 10.0 Å². The molecule has 0 radical (unpaired) electrons. The van der Waals surface area contributed by atoms with Crippen molar-refractivity contribution in [2.45, 2.75) is 30.7 Å². The van der Waals surface area contributed by atoms with Gasteiger partial charge in [0, 0.05) is 25.3 Å². The van der Waals surface area contributed by atoms with Gasteiger partial charge in [-0.2, -0.15) is 4.31 Å². The third kappa shape index (κ3) is 4.32. The molecule has 0 saturated carbocycles. The fourth-order valence-electron chi connectivity index (χ4n) is 1.99. The molecule has 0 amide bonds. The van der Waals surface area contributed by atoms with Crippen molar-refractivity contribution in [2.24, 2.45) is 0 Å². The quantitative estimate of drug-likeness (QED) is 0.685. The van der Waals surface area contributed by atoms with Crippen molar-refractivity contribution in [3.8, 4) is 5.75 Å². The zero-order valence-electron chi connectivity index (χ0n) is 12.8. The van der Waals surface area contributed by atoms with Crippen LogP contribution in [0.3, 0.4) is 0 Å². The van der Waals surface area contributed by atoms with E-state index in [0.29, 0.717) is 24.5 Å². The number of halogens is 1. The fraction of sp³-hybridized carbons (Fsp3) is 0.571. The van der Waals surface area contributed by atoms with Gasteiger partial charge in [0.15, 0.2) is 0 Å². The largest absolute Gasteiger partial charge is 0.496 e. The maximum Gasteiger partial charge on any atom is 0.243 e. The number of hydrogen-bond acceptors (Lipinski definition) is 4. The Labute approximate surface area is 131 Å². The second kappa shape index (κ2) is 7.98. The minimum absolute atomic E-state index is 0.160. The molecule has 0 aliphatic carbocycles. The monoisotopic (exact) mass is 335 g/mol. The maximum absolute atomic E-state index is 12.7. The van der Waals surface area contributed by atoms with E-state index in [1.54, 1.807) is 19.2 Å². The predicted molar refractivity (Wildman–Crippen MR) is 83.5 cm³/mol. The molecular formula is C14H22ClNO4S. The highest BCUT2D eigenvalue weighted by Gasteiger charge is 2.27. The summed E-state index contributed by atoms with van der Waals surface area (Å²) in [6.45, 7) is 4.31. The minimum Gasteiger partial charge on any atom is -0.496 e. The molecule has 0 heterocycles. The van der Waals surface area contributed by atoms with Crippen LogP contribution in [0.2, 0.25) is 0 Å². The molecule has 0 saturated heterocycles. The van der Waals surface area contributed by atoms with E-state index in [-0.39, 0.29) is 16.8 Å². The van der Waals surface area contributed by atoms with E-state index in [1.807, 2.05) is 13.8 Å². The lowest BCUT2D eigenvalue weighted by Gasteiger charge is -2.26. The Kier molecular flexibility index (Phi) is 6.93. The van der Waals surface area contributed by atoms with Gasteiger partial charge in [-0.05, 0) is 32.0 Å². The number of sulfonamides is 1. The van der Waals surface area contributed by atoms with Crippen LogP contribution < -0.4 is 4.74 Å². The molecule has 21 heavy (non-hydrogen) atoms. The van der Waals surface area contributed by atoms with Crippen molar-refractivity contribution in [2.75, 3.05) is 27.4 Å². The van der Waals surface area contributed by atoms with Crippen LogP contribution in [0.25, 0.3) is 0 Å². The second-order valence-corrected chi connectivity index (χ2v) is 6.97. The van der Waals surface area contributed by atoms with E-state index in [9.17, 15) is 8.42 Å². The second-order valence-electron chi connectivity index (χ2n) is 4.81. The third-order valence-corrected chi connectivity index (χ3v) is 5.45. The Morgan fingerprint density at radius 2 is 1.95 bits per heavy atom. The Balaban J connectivity index is 3.21. The van der Waals surface area contributed by atoms with Gasteiger partial charge in [0.2, 0.25) is 10.0 Å². The number of alkyl halides is 1. The number of benzene rings is 1. The number of ether oxygens (including phenoxy) is 2. The van der Waals surface area contributed by atoms with Crippen LogP contribution in [0.5, 0.6) is 5.75 Å². The summed E-state index contributed by atoms with van der Waals surface area (Å²) in [7, 11) is -0.519. The lowest BCUT2D eigenvalue weighted by Crippen LogP contribution is -2.39. The van der Waals surface area contributed by atoms with Gasteiger partial charge in [0.05, 0.1) is 24.5 Å². The molecule has 0 unspecified atom stereocenters. The summed E-state index contributed by atoms with van der Waals surface area (Å²) in [6.07, 6.45) is 0. The molecule has 0 aromatic heterocycles. The van der Waals surface area contributed by atoms with Crippen LogP contribution in [-0.2, 0) is 20.6 Å². The molecule has 0 atom stereocenters. The van der Waals surface area contributed by atoms with Gasteiger partial charge in [-0.1, -0.05) is 0 Å². The lowest BCUT2D eigenvalue weighted by molar-refractivity contribution is 0.171. The molecule has 7 heteroatoms. The average molecular weight is 336 g/mol. The minimum atomic E-state index is -3.59. The first kappa shape index (κ1) is 18.2. The first-order valence-corrected chi connectivity index (χ1v) is 8.59. The van der Waals surface area contributed by atoms with Crippen LogP contribution in [0, 0.1) is 0 Å². The van der Waals surface area contributed by atoms with Gasteiger partial charge in [-0.25, -0.2) is 8.42 Å². The molecule has 0 fully saturated rings. The molecule has 1 aromatic rings. The van der Waals surface area contributed by atoms with Gasteiger partial charge in [-0.15, -0.1) is 11.6 Å². The van der Waals surface area contributed by atoms with Gasteiger partial charge in [-0.3, -0.25) is 0 Å². The number of methoxy groups -OCH3 is 2. The normalized spacial score (nSPS) is 12.1. The number of hydrogen-bond donors (Lipinski definition) is 0. The highest BCUT2D eigenvalue weighted by Crippen LogP contribution is 2.26. The Morgan fingerprint density at radius 1 is 1.29 bits per heavy atom. The summed E-state index contributed by atoms with van der Waals surface area (Å²) < 4.78 is 37.0. The molecule has 1 rings (SSSR count). The third-order valence-electron chi connectivity index (χ3n) is 3.09. The summed E-state index contributed by atoms with van der Waals surface area (Å²) in [5.41, 5.74) is 0.649. The van der Waals surface area contributed by atoms with E-state index in [1.165, 1.54) is 17.5 Å². The molecule has 120 valence electrons. The molecule has 0 aliphatic heterocycles. The Hall–Kier alpha value is -0.820. The Bertz CT molecular complexity index is 560. The predicted octanol–water partition coefficient (Wildman–Crippen LogP) is 2.48. The molecule has 0 bridgehead atoms. The molecule has 1 aromatic carbocycles. The molecule has 0 N–H and O–H groups in total. The van der Waals surface area contributed by atoms with E-state index in [2.05, 4.69) is 0 Å². The smallest absolute Gasteiger partial charge is 0.243 e. The maximum atomic E-state index is 12.7. The fourth-order valence-corrected chi connectivity index (χ4v) is 3.87. The Morgan fingerprint density at radius 3 is 2.43 bits per heavy atom. The molecule has 0 spiro atoms.